The van der Waals surface area contributed by atoms with Crippen LogP contribution in [-0.4, -0.2) is 39.6 Å². The number of rotatable bonds is 9. The molecule has 1 aromatic heterocycles. The molecule has 1 aliphatic rings. The summed E-state index contributed by atoms with van der Waals surface area (Å²) in [5, 5.41) is 12.7. The number of ether oxygens (including phenoxy) is 2. The number of carbonyl (C=O) groups is 1. The lowest BCUT2D eigenvalue weighted by molar-refractivity contribution is -0.119. The zero-order valence-electron chi connectivity index (χ0n) is 19.9. The van der Waals surface area contributed by atoms with Crippen molar-refractivity contribution >= 4 is 17.7 Å². The Morgan fingerprint density at radius 2 is 1.79 bits per heavy atom. The second kappa shape index (κ2) is 11.4. The van der Waals surface area contributed by atoms with Gasteiger partial charge >= 0.3 is 0 Å². The first-order valence-electron chi connectivity index (χ1n) is 11.8. The van der Waals surface area contributed by atoms with E-state index in [2.05, 4.69) is 22.4 Å². The van der Waals surface area contributed by atoms with Crippen LogP contribution in [0.25, 0.3) is 5.69 Å². The van der Waals surface area contributed by atoms with Gasteiger partial charge in [-0.15, -0.1) is 10.2 Å². The van der Waals surface area contributed by atoms with Crippen LogP contribution in [0.2, 0.25) is 0 Å². The summed E-state index contributed by atoms with van der Waals surface area (Å²) in [6, 6.07) is 17.6. The Bertz CT molecular complexity index is 1070. The topological polar surface area (TPSA) is 78.3 Å². The number of nitrogens with one attached hydrogen (secondary N) is 1. The predicted molar refractivity (Wildman–Crippen MR) is 134 cm³/mol. The van der Waals surface area contributed by atoms with Crippen molar-refractivity contribution < 1.29 is 14.3 Å². The molecule has 180 valence electrons. The molecule has 3 atom stereocenters. The van der Waals surface area contributed by atoms with Crippen LogP contribution in [0.1, 0.15) is 51.5 Å². The van der Waals surface area contributed by atoms with Crippen molar-refractivity contribution in [2.24, 2.45) is 5.92 Å². The summed E-state index contributed by atoms with van der Waals surface area (Å²) >= 11 is 1.39. The monoisotopic (exact) mass is 480 g/mol. The molecule has 34 heavy (non-hydrogen) atoms. The lowest BCUT2D eigenvalue weighted by Gasteiger charge is -2.29. The van der Waals surface area contributed by atoms with Crippen LogP contribution in [0, 0.1) is 5.92 Å². The van der Waals surface area contributed by atoms with Crippen molar-refractivity contribution in [1.82, 2.24) is 20.1 Å². The average molecular weight is 481 g/mol. The molecule has 1 heterocycles. The number of hydrogen-bond acceptors (Lipinski definition) is 6. The molecule has 0 saturated heterocycles. The van der Waals surface area contributed by atoms with Crippen LogP contribution in [0.3, 0.4) is 0 Å². The Kier molecular flexibility index (Phi) is 8.11. The number of carbonyl (C=O) groups excluding carboxylic acids is 1. The smallest absolute Gasteiger partial charge is 0.230 e. The van der Waals surface area contributed by atoms with Crippen molar-refractivity contribution in [3.63, 3.8) is 0 Å². The zero-order valence-corrected chi connectivity index (χ0v) is 20.8. The third-order valence-corrected chi connectivity index (χ3v) is 7.13. The Morgan fingerprint density at radius 3 is 2.50 bits per heavy atom. The van der Waals surface area contributed by atoms with E-state index < -0.39 is 0 Å². The van der Waals surface area contributed by atoms with Gasteiger partial charge in [-0.05, 0) is 62.1 Å². The van der Waals surface area contributed by atoms with Crippen LogP contribution in [0.15, 0.2) is 59.8 Å². The van der Waals surface area contributed by atoms with Crippen LogP contribution in [0.4, 0.5) is 0 Å². The van der Waals surface area contributed by atoms with Crippen molar-refractivity contribution in [1.29, 1.82) is 0 Å². The average Bonchev–Trinajstić information content (AvgIpc) is 3.29. The molecule has 3 aromatic rings. The first kappa shape index (κ1) is 24.1. The number of nitrogens with zero attached hydrogens (tertiary/aromatic N) is 3. The Labute approximate surface area is 205 Å². The fourth-order valence-electron chi connectivity index (χ4n) is 4.28. The summed E-state index contributed by atoms with van der Waals surface area (Å²) in [5.41, 5.74) is 0.927. The number of hydrogen-bond donors (Lipinski definition) is 1. The van der Waals surface area contributed by atoms with E-state index in [9.17, 15) is 4.79 Å². The molecule has 0 bridgehead atoms. The summed E-state index contributed by atoms with van der Waals surface area (Å²) in [4.78, 5) is 12.7. The van der Waals surface area contributed by atoms with Gasteiger partial charge in [0.2, 0.25) is 5.91 Å². The molecule has 1 fully saturated rings. The van der Waals surface area contributed by atoms with E-state index in [1.807, 2.05) is 66.1 Å². The fourth-order valence-corrected chi connectivity index (χ4v) is 5.05. The first-order valence-corrected chi connectivity index (χ1v) is 12.8. The van der Waals surface area contributed by atoms with Crippen molar-refractivity contribution in [3.8, 4) is 17.2 Å². The number of benzene rings is 2. The van der Waals surface area contributed by atoms with Crippen LogP contribution in [-0.2, 0) is 4.79 Å². The first-order chi connectivity index (χ1) is 16.5. The van der Waals surface area contributed by atoms with Gasteiger partial charge in [0.05, 0.1) is 12.9 Å². The molecule has 1 aliphatic carbocycles. The molecule has 1 saturated carbocycles. The lowest BCUT2D eigenvalue weighted by Crippen LogP contribution is -2.41. The zero-order chi connectivity index (χ0) is 23.9. The van der Waals surface area contributed by atoms with Crippen LogP contribution >= 0.6 is 11.8 Å². The molecule has 0 aliphatic heterocycles. The van der Waals surface area contributed by atoms with E-state index in [1.54, 1.807) is 7.11 Å². The number of thioether (sulfide) groups is 1. The highest BCUT2D eigenvalue weighted by Crippen LogP contribution is 2.29. The quantitative estimate of drug-likeness (QED) is 0.424. The van der Waals surface area contributed by atoms with Crippen LogP contribution < -0.4 is 14.8 Å². The standard InChI is InChI=1S/C26H32N4O3S/c1-18-9-7-8-12-23(18)27-24(31)17-34-26-29-28-25(30(26)20-10-5-4-6-11-20)19(2)33-22-15-13-21(32-3)14-16-22/h4-6,10-11,13-16,18-19,23H,7-9,12,17H2,1-3H3,(H,27,31). The summed E-state index contributed by atoms with van der Waals surface area (Å²) in [7, 11) is 1.63. The molecule has 8 heteroatoms. The third-order valence-electron chi connectivity index (χ3n) is 6.20. The molecular formula is C26H32N4O3S. The normalized spacial score (nSPS) is 18.8. The maximum Gasteiger partial charge on any atom is 0.230 e. The molecule has 7 nitrogen and oxygen atoms in total. The SMILES string of the molecule is COc1ccc(OC(C)c2nnc(SCC(=O)NC3CCCCC3C)n2-c2ccccc2)cc1. The van der Waals surface area contributed by atoms with E-state index in [0.717, 1.165) is 17.9 Å². The van der Waals surface area contributed by atoms with Gasteiger partial charge in [0, 0.05) is 11.7 Å². The number of methoxy groups -OCH3 is 1. The van der Waals surface area contributed by atoms with E-state index in [-0.39, 0.29) is 18.1 Å². The van der Waals surface area contributed by atoms with E-state index in [0.29, 0.717) is 28.4 Å². The van der Waals surface area contributed by atoms with Crippen molar-refractivity contribution in [2.45, 2.75) is 56.8 Å². The predicted octanol–water partition coefficient (Wildman–Crippen LogP) is 5.20. The molecule has 0 spiro atoms. The second-order valence-electron chi connectivity index (χ2n) is 8.67. The Hall–Kier alpha value is -3.00. The van der Waals surface area contributed by atoms with E-state index >= 15 is 0 Å². The van der Waals surface area contributed by atoms with Gasteiger partial charge in [0.15, 0.2) is 17.1 Å². The summed E-state index contributed by atoms with van der Waals surface area (Å²) < 4.78 is 13.3. The minimum atomic E-state index is -0.354. The minimum Gasteiger partial charge on any atom is -0.497 e. The Morgan fingerprint density at radius 1 is 1.09 bits per heavy atom. The highest BCUT2D eigenvalue weighted by Gasteiger charge is 2.24. The number of amides is 1. The molecule has 1 N–H and O–H groups in total. The van der Waals surface area contributed by atoms with Gasteiger partial charge in [0.1, 0.15) is 11.5 Å². The maximum absolute atomic E-state index is 12.7. The Balaban J connectivity index is 1.49. The second-order valence-corrected chi connectivity index (χ2v) is 9.61. The molecule has 1 amide bonds. The van der Waals surface area contributed by atoms with Crippen molar-refractivity contribution in [2.75, 3.05) is 12.9 Å². The van der Waals surface area contributed by atoms with Gasteiger partial charge in [-0.25, -0.2) is 0 Å². The van der Waals surface area contributed by atoms with Gasteiger partial charge in [-0.1, -0.05) is 49.7 Å². The van der Waals surface area contributed by atoms with Gasteiger partial charge in [0.25, 0.3) is 0 Å². The van der Waals surface area contributed by atoms with E-state index in [4.69, 9.17) is 9.47 Å². The molecule has 2 aromatic carbocycles. The molecule has 3 unspecified atom stereocenters. The van der Waals surface area contributed by atoms with Gasteiger partial charge in [-0.2, -0.15) is 0 Å². The highest BCUT2D eigenvalue weighted by molar-refractivity contribution is 7.99. The van der Waals surface area contributed by atoms with Gasteiger partial charge < -0.3 is 14.8 Å². The number of aromatic nitrogens is 3. The maximum atomic E-state index is 12.7. The minimum absolute atomic E-state index is 0.0374. The van der Waals surface area contributed by atoms with Crippen LogP contribution in [0.5, 0.6) is 11.5 Å². The number of para-hydroxylation sites is 1. The molecular weight excluding hydrogens is 448 g/mol. The largest absolute Gasteiger partial charge is 0.497 e. The summed E-state index contributed by atoms with van der Waals surface area (Å²) in [6.07, 6.45) is 4.31. The van der Waals surface area contributed by atoms with Crippen molar-refractivity contribution in [3.05, 3.63) is 60.4 Å². The summed E-state index contributed by atoms with van der Waals surface area (Å²) in [5.74, 6) is 3.01. The third kappa shape index (κ3) is 5.91. The van der Waals surface area contributed by atoms with Gasteiger partial charge in [-0.3, -0.25) is 9.36 Å². The van der Waals surface area contributed by atoms with E-state index in [1.165, 1.54) is 31.0 Å². The molecule has 4 rings (SSSR count). The molecule has 0 radical (unpaired) electrons. The lowest BCUT2D eigenvalue weighted by atomic mass is 9.86. The fraction of sp³-hybridized carbons (Fsp3) is 0.423. The summed E-state index contributed by atoms with van der Waals surface area (Å²) in [6.45, 7) is 4.17. The highest BCUT2D eigenvalue weighted by atomic mass is 32.2.